The maximum absolute atomic E-state index is 11.8. The molecule has 17 heavy (non-hydrogen) atoms. The zero-order valence-electron chi connectivity index (χ0n) is 9.13. The molecule has 1 amide bonds. The molecule has 1 aromatic heterocycles. The van der Waals surface area contributed by atoms with E-state index < -0.39 is 21.4 Å². The van der Waals surface area contributed by atoms with Gasteiger partial charge in [-0.3, -0.25) is 9.78 Å². The van der Waals surface area contributed by atoms with Crippen LogP contribution in [0, 0.1) is 0 Å². The first-order valence-electron chi connectivity index (χ1n) is 5.01. The molecule has 0 aromatic carbocycles. The highest BCUT2D eigenvalue weighted by molar-refractivity contribution is 7.91. The van der Waals surface area contributed by atoms with Gasteiger partial charge in [-0.2, -0.15) is 0 Å². The van der Waals surface area contributed by atoms with E-state index in [1.807, 2.05) is 0 Å². The highest BCUT2D eigenvalue weighted by Gasteiger charge is 2.33. The van der Waals surface area contributed by atoms with Crippen molar-refractivity contribution in [2.45, 2.75) is 12.5 Å². The number of aromatic nitrogens is 3. The van der Waals surface area contributed by atoms with Gasteiger partial charge in [-0.25, -0.2) is 18.3 Å². The van der Waals surface area contributed by atoms with Crippen LogP contribution in [0.15, 0.2) is 4.79 Å². The summed E-state index contributed by atoms with van der Waals surface area (Å²) >= 11 is 0. The van der Waals surface area contributed by atoms with Crippen LogP contribution in [0.4, 0.5) is 0 Å². The van der Waals surface area contributed by atoms with Crippen molar-refractivity contribution in [1.29, 1.82) is 0 Å². The minimum atomic E-state index is -3.05. The van der Waals surface area contributed by atoms with Crippen LogP contribution in [0.2, 0.25) is 0 Å². The fraction of sp³-hybridized carbons (Fsp3) is 0.625. The van der Waals surface area contributed by atoms with E-state index >= 15 is 0 Å². The van der Waals surface area contributed by atoms with E-state index in [0.29, 0.717) is 6.42 Å². The number of nitrogens with one attached hydrogen (secondary N) is 2. The molecule has 1 atom stereocenters. The van der Waals surface area contributed by atoms with Gasteiger partial charge >= 0.3 is 5.69 Å². The van der Waals surface area contributed by atoms with Crippen molar-refractivity contribution in [3.05, 3.63) is 16.3 Å². The summed E-state index contributed by atoms with van der Waals surface area (Å²) in [5.74, 6) is -0.553. The molecule has 1 aliphatic rings. The molecule has 1 fully saturated rings. The van der Waals surface area contributed by atoms with Crippen molar-refractivity contribution in [3.63, 3.8) is 0 Å². The van der Waals surface area contributed by atoms with Crippen LogP contribution >= 0.6 is 0 Å². The van der Waals surface area contributed by atoms with Gasteiger partial charge in [-0.1, -0.05) is 0 Å². The maximum atomic E-state index is 11.8. The topological polar surface area (TPSA) is 116 Å². The summed E-state index contributed by atoms with van der Waals surface area (Å²) in [7, 11) is -1.54. The Morgan fingerprint density at radius 1 is 1.53 bits per heavy atom. The summed E-state index contributed by atoms with van der Waals surface area (Å²) in [6.07, 6.45) is 0.416. The Kier molecular flexibility index (Phi) is 2.77. The Labute approximate surface area is 96.9 Å². The lowest BCUT2D eigenvalue weighted by Crippen LogP contribution is -2.38. The lowest BCUT2D eigenvalue weighted by atomic mass is 10.2. The monoisotopic (exact) mass is 260 g/mol. The number of hydrogen-bond donors (Lipinski definition) is 2. The lowest BCUT2D eigenvalue weighted by molar-refractivity contribution is 0.0735. The summed E-state index contributed by atoms with van der Waals surface area (Å²) in [5.41, 5.74) is -0.569. The number of aromatic amines is 2. The standard InChI is InChI=1S/C8H12N4O4S/c1-12(5-2-3-17(15,16)4-5)7(13)6-9-8(14)11-10-6/h5H,2-4H2,1H3,(H2,9,10,11,14). The van der Waals surface area contributed by atoms with Gasteiger partial charge in [0.1, 0.15) is 0 Å². The highest BCUT2D eigenvalue weighted by Crippen LogP contribution is 2.17. The molecule has 9 heteroatoms. The van der Waals surface area contributed by atoms with Crippen LogP contribution in [-0.4, -0.2) is 59.0 Å². The van der Waals surface area contributed by atoms with Crippen molar-refractivity contribution in [2.24, 2.45) is 0 Å². The fourth-order valence-corrected chi connectivity index (χ4v) is 3.56. The zero-order valence-corrected chi connectivity index (χ0v) is 9.95. The van der Waals surface area contributed by atoms with Gasteiger partial charge < -0.3 is 4.90 Å². The van der Waals surface area contributed by atoms with Gasteiger partial charge in [0.15, 0.2) is 9.84 Å². The Hall–Kier alpha value is -1.64. The minimum Gasteiger partial charge on any atom is -0.335 e. The number of H-pyrrole nitrogens is 2. The molecule has 1 aromatic rings. The van der Waals surface area contributed by atoms with E-state index in [1.165, 1.54) is 11.9 Å². The second-order valence-electron chi connectivity index (χ2n) is 4.00. The third kappa shape index (κ3) is 2.38. The SMILES string of the molecule is CN(C(=O)c1n[nH]c(=O)[nH]1)C1CCS(=O)(=O)C1. The molecule has 8 nitrogen and oxygen atoms in total. The molecular formula is C8H12N4O4S. The first-order valence-corrected chi connectivity index (χ1v) is 6.83. The molecule has 1 unspecified atom stereocenters. The highest BCUT2D eigenvalue weighted by atomic mass is 32.2. The molecular weight excluding hydrogens is 248 g/mol. The summed E-state index contributed by atoms with van der Waals surface area (Å²) < 4.78 is 22.6. The van der Waals surface area contributed by atoms with E-state index in [2.05, 4.69) is 15.2 Å². The Morgan fingerprint density at radius 3 is 2.71 bits per heavy atom. The van der Waals surface area contributed by atoms with Crippen molar-refractivity contribution < 1.29 is 13.2 Å². The molecule has 0 saturated carbocycles. The smallest absolute Gasteiger partial charge is 0.335 e. The Morgan fingerprint density at radius 2 is 2.24 bits per heavy atom. The molecule has 2 N–H and O–H groups in total. The van der Waals surface area contributed by atoms with Crippen LogP contribution in [-0.2, 0) is 9.84 Å². The number of carbonyl (C=O) groups excluding carboxylic acids is 1. The summed E-state index contributed by atoms with van der Waals surface area (Å²) in [6, 6.07) is -0.354. The van der Waals surface area contributed by atoms with Crippen molar-refractivity contribution in [2.75, 3.05) is 18.6 Å². The number of sulfone groups is 1. The summed E-state index contributed by atoms with van der Waals surface area (Å²) in [6.45, 7) is 0. The molecule has 0 spiro atoms. The van der Waals surface area contributed by atoms with Crippen LogP contribution in [0.3, 0.4) is 0 Å². The number of amides is 1. The predicted octanol–water partition coefficient (Wildman–Crippen LogP) is -1.64. The normalized spacial score (nSPS) is 22.5. The van der Waals surface area contributed by atoms with Crippen molar-refractivity contribution >= 4 is 15.7 Å². The largest absolute Gasteiger partial charge is 0.341 e. The van der Waals surface area contributed by atoms with Gasteiger partial charge in [0.2, 0.25) is 5.82 Å². The van der Waals surface area contributed by atoms with E-state index in [4.69, 9.17) is 0 Å². The van der Waals surface area contributed by atoms with E-state index in [9.17, 15) is 18.0 Å². The van der Waals surface area contributed by atoms with Gasteiger partial charge in [0.25, 0.3) is 5.91 Å². The molecule has 1 saturated heterocycles. The number of carbonyl (C=O) groups is 1. The van der Waals surface area contributed by atoms with E-state index in [0.717, 1.165) is 0 Å². The maximum Gasteiger partial charge on any atom is 0.341 e. The Bertz CT molecular complexity index is 587. The third-order valence-electron chi connectivity index (χ3n) is 2.78. The Balaban J connectivity index is 2.13. The molecule has 0 aliphatic carbocycles. The van der Waals surface area contributed by atoms with Crippen LogP contribution in [0.1, 0.15) is 17.0 Å². The van der Waals surface area contributed by atoms with Crippen LogP contribution in [0.25, 0.3) is 0 Å². The first kappa shape index (κ1) is 11.8. The minimum absolute atomic E-state index is 0.0378. The molecule has 0 bridgehead atoms. The molecule has 2 rings (SSSR count). The average Bonchev–Trinajstić information content (AvgIpc) is 2.82. The number of rotatable bonds is 2. The second-order valence-corrected chi connectivity index (χ2v) is 6.23. The van der Waals surface area contributed by atoms with Gasteiger partial charge in [0, 0.05) is 13.1 Å². The van der Waals surface area contributed by atoms with Gasteiger partial charge in [-0.15, -0.1) is 5.10 Å². The second kappa shape index (κ2) is 3.99. The molecule has 94 valence electrons. The van der Waals surface area contributed by atoms with Gasteiger partial charge in [-0.05, 0) is 6.42 Å². The summed E-state index contributed by atoms with van der Waals surface area (Å²) in [5, 5.41) is 5.60. The van der Waals surface area contributed by atoms with Crippen LogP contribution < -0.4 is 5.69 Å². The van der Waals surface area contributed by atoms with Crippen molar-refractivity contribution in [3.8, 4) is 0 Å². The number of nitrogens with zero attached hydrogens (tertiary/aromatic N) is 2. The predicted molar refractivity (Wildman–Crippen MR) is 58.4 cm³/mol. The third-order valence-corrected chi connectivity index (χ3v) is 4.53. The first-order chi connectivity index (χ1) is 7.89. The van der Waals surface area contributed by atoms with Crippen LogP contribution in [0.5, 0.6) is 0 Å². The quantitative estimate of drug-likeness (QED) is 0.661. The van der Waals surface area contributed by atoms with Crippen molar-refractivity contribution in [1.82, 2.24) is 20.1 Å². The molecule has 0 radical (unpaired) electrons. The van der Waals surface area contributed by atoms with E-state index in [1.54, 1.807) is 0 Å². The zero-order chi connectivity index (χ0) is 12.6. The van der Waals surface area contributed by atoms with Gasteiger partial charge in [0.05, 0.1) is 11.5 Å². The number of hydrogen-bond acceptors (Lipinski definition) is 5. The molecule has 2 heterocycles. The summed E-state index contributed by atoms with van der Waals surface area (Å²) in [4.78, 5) is 26.2. The average molecular weight is 260 g/mol. The molecule has 1 aliphatic heterocycles. The van der Waals surface area contributed by atoms with E-state index in [-0.39, 0.29) is 23.4 Å². The fourth-order valence-electron chi connectivity index (χ4n) is 1.79. The lowest BCUT2D eigenvalue weighted by Gasteiger charge is -2.21.